The van der Waals surface area contributed by atoms with Crippen molar-refractivity contribution in [2.45, 2.75) is 46.7 Å². The van der Waals surface area contributed by atoms with E-state index in [0.717, 1.165) is 11.3 Å². The summed E-state index contributed by atoms with van der Waals surface area (Å²) in [4.78, 5) is 28.6. The number of carbonyl (C=O) groups excluding carboxylic acids is 1. The Morgan fingerprint density at radius 2 is 1.93 bits per heavy atom. The second-order valence-electron chi connectivity index (χ2n) is 6.84. The number of fused-ring (bicyclic) bond motifs is 1. The van der Waals surface area contributed by atoms with Crippen LogP contribution in [0.25, 0.3) is 22.3 Å². The van der Waals surface area contributed by atoms with Crippen molar-refractivity contribution < 1.29 is 19.1 Å². The number of carbonyl (C=O) groups is 2. The third kappa shape index (κ3) is 3.42. The van der Waals surface area contributed by atoms with Crippen molar-refractivity contribution in [2.24, 2.45) is 0 Å². The Balaban J connectivity index is 2.20. The molecule has 0 saturated heterocycles. The zero-order chi connectivity index (χ0) is 19.9. The maximum absolute atomic E-state index is 12.8. The van der Waals surface area contributed by atoms with E-state index in [1.165, 1.54) is 6.92 Å². The number of rotatable bonds is 5. The minimum atomic E-state index is -1.10. The number of amides is 1. The van der Waals surface area contributed by atoms with Crippen molar-refractivity contribution in [1.29, 1.82) is 0 Å². The number of hydrogen-bond acceptors (Lipinski definition) is 5. The quantitative estimate of drug-likeness (QED) is 0.714. The summed E-state index contributed by atoms with van der Waals surface area (Å²) in [5.74, 6) is -0.153. The number of aliphatic carboxylic acids is 1. The first kappa shape index (κ1) is 18.6. The lowest BCUT2D eigenvalue weighted by Crippen LogP contribution is -2.38. The van der Waals surface area contributed by atoms with Crippen molar-refractivity contribution in [3.63, 3.8) is 0 Å². The fourth-order valence-electron chi connectivity index (χ4n) is 2.94. The van der Waals surface area contributed by atoms with Gasteiger partial charge in [-0.3, -0.25) is 9.59 Å². The van der Waals surface area contributed by atoms with Gasteiger partial charge in [-0.25, -0.2) is 9.67 Å². The van der Waals surface area contributed by atoms with Gasteiger partial charge in [-0.2, -0.15) is 5.10 Å². The maximum Gasteiger partial charge on any atom is 0.325 e. The molecule has 0 spiro atoms. The van der Waals surface area contributed by atoms with E-state index in [1.54, 1.807) is 16.9 Å². The Kier molecular flexibility index (Phi) is 4.73. The van der Waals surface area contributed by atoms with Crippen LogP contribution in [-0.2, 0) is 4.79 Å². The van der Waals surface area contributed by atoms with Gasteiger partial charge in [0, 0.05) is 11.6 Å². The van der Waals surface area contributed by atoms with Gasteiger partial charge in [-0.05, 0) is 46.8 Å². The molecule has 0 bridgehead atoms. The molecule has 27 heavy (non-hydrogen) atoms. The van der Waals surface area contributed by atoms with E-state index in [1.807, 2.05) is 33.8 Å². The van der Waals surface area contributed by atoms with E-state index in [-0.39, 0.29) is 6.04 Å². The number of nitrogens with zero attached hydrogens (tertiary/aromatic N) is 3. The molecular formula is C19H22N4O4. The summed E-state index contributed by atoms with van der Waals surface area (Å²) in [5, 5.41) is 16.5. The van der Waals surface area contributed by atoms with Crippen LogP contribution >= 0.6 is 0 Å². The fraction of sp³-hybridized carbons (Fsp3) is 0.368. The van der Waals surface area contributed by atoms with E-state index in [4.69, 9.17) is 14.5 Å². The highest BCUT2D eigenvalue weighted by Gasteiger charge is 2.22. The summed E-state index contributed by atoms with van der Waals surface area (Å²) in [6, 6.07) is 2.55. The molecule has 3 rings (SSSR count). The molecular weight excluding hydrogens is 348 g/mol. The Hall–Kier alpha value is -3.16. The number of furan rings is 1. The van der Waals surface area contributed by atoms with Crippen LogP contribution in [0, 0.1) is 13.8 Å². The third-order valence-electron chi connectivity index (χ3n) is 4.34. The highest BCUT2D eigenvalue weighted by Crippen LogP contribution is 2.30. The maximum atomic E-state index is 12.8. The molecule has 2 N–H and O–H groups in total. The van der Waals surface area contributed by atoms with Gasteiger partial charge >= 0.3 is 5.97 Å². The number of hydrogen-bond donors (Lipinski definition) is 2. The summed E-state index contributed by atoms with van der Waals surface area (Å²) in [5.41, 5.74) is 2.25. The smallest absolute Gasteiger partial charge is 0.325 e. The van der Waals surface area contributed by atoms with E-state index in [2.05, 4.69) is 10.4 Å². The average molecular weight is 370 g/mol. The van der Waals surface area contributed by atoms with Crippen molar-refractivity contribution in [2.75, 3.05) is 0 Å². The van der Waals surface area contributed by atoms with E-state index < -0.39 is 17.9 Å². The molecule has 1 atom stereocenters. The molecule has 0 aliphatic heterocycles. The molecule has 3 aromatic rings. The number of aryl methyl sites for hydroxylation is 2. The lowest BCUT2D eigenvalue weighted by atomic mass is 10.1. The van der Waals surface area contributed by atoms with Crippen LogP contribution in [0.3, 0.4) is 0 Å². The van der Waals surface area contributed by atoms with E-state index in [9.17, 15) is 9.59 Å². The van der Waals surface area contributed by atoms with Crippen LogP contribution in [0.15, 0.2) is 22.7 Å². The van der Waals surface area contributed by atoms with Gasteiger partial charge in [0.05, 0.1) is 22.8 Å². The highest BCUT2D eigenvalue weighted by atomic mass is 16.4. The SMILES string of the molecule is Cc1cc(-c2cc(C(=O)NC(C)C(=O)O)c3cnn(C(C)C)c3n2)c(C)o1. The zero-order valence-corrected chi connectivity index (χ0v) is 15.9. The lowest BCUT2D eigenvalue weighted by Gasteiger charge is -2.12. The molecule has 0 radical (unpaired) electrons. The Bertz CT molecular complexity index is 1030. The van der Waals surface area contributed by atoms with Crippen molar-refractivity contribution in [3.8, 4) is 11.3 Å². The van der Waals surface area contributed by atoms with Crippen LogP contribution in [0.4, 0.5) is 0 Å². The number of carboxylic acids is 1. The van der Waals surface area contributed by atoms with Crippen molar-refractivity contribution in [1.82, 2.24) is 20.1 Å². The normalized spacial score (nSPS) is 12.5. The number of aromatic nitrogens is 3. The first-order valence-corrected chi connectivity index (χ1v) is 8.68. The molecule has 0 fully saturated rings. The van der Waals surface area contributed by atoms with Crippen LogP contribution in [0.1, 0.15) is 48.7 Å². The van der Waals surface area contributed by atoms with Gasteiger partial charge in [0.25, 0.3) is 5.91 Å². The molecule has 3 aromatic heterocycles. The monoisotopic (exact) mass is 370 g/mol. The van der Waals surface area contributed by atoms with Crippen molar-refractivity contribution in [3.05, 3.63) is 35.4 Å². The predicted molar refractivity (Wildman–Crippen MR) is 99.7 cm³/mol. The third-order valence-corrected chi connectivity index (χ3v) is 4.34. The predicted octanol–water partition coefficient (Wildman–Crippen LogP) is 3.09. The zero-order valence-electron chi connectivity index (χ0n) is 15.9. The minimum absolute atomic E-state index is 0.0475. The first-order chi connectivity index (χ1) is 12.7. The van der Waals surface area contributed by atoms with Gasteiger partial charge in [-0.15, -0.1) is 0 Å². The molecule has 0 aliphatic rings. The number of pyridine rings is 1. The molecule has 8 nitrogen and oxygen atoms in total. The van der Waals surface area contributed by atoms with E-state index >= 15 is 0 Å². The van der Waals surface area contributed by atoms with Gasteiger partial charge < -0.3 is 14.8 Å². The molecule has 8 heteroatoms. The Labute approximate surface area is 156 Å². The molecule has 142 valence electrons. The number of nitrogens with one attached hydrogen (secondary N) is 1. The fourth-order valence-corrected chi connectivity index (χ4v) is 2.94. The van der Waals surface area contributed by atoms with Crippen LogP contribution in [-0.4, -0.2) is 37.8 Å². The van der Waals surface area contributed by atoms with Crippen LogP contribution in [0.5, 0.6) is 0 Å². The first-order valence-electron chi connectivity index (χ1n) is 8.68. The average Bonchev–Trinajstić information content (AvgIpc) is 3.16. The molecule has 0 saturated carbocycles. The Morgan fingerprint density at radius 3 is 2.48 bits per heavy atom. The highest BCUT2D eigenvalue weighted by molar-refractivity contribution is 6.07. The van der Waals surface area contributed by atoms with E-state index in [0.29, 0.717) is 28.1 Å². The summed E-state index contributed by atoms with van der Waals surface area (Å²) < 4.78 is 7.33. The molecule has 1 unspecified atom stereocenters. The molecule has 0 aliphatic carbocycles. The van der Waals surface area contributed by atoms with Crippen molar-refractivity contribution >= 4 is 22.9 Å². The molecule has 0 aromatic carbocycles. The van der Waals surface area contributed by atoms with Gasteiger partial charge in [0.1, 0.15) is 17.6 Å². The topological polar surface area (TPSA) is 110 Å². The standard InChI is InChI=1S/C19H22N4O4/c1-9(2)23-17-15(8-20-23)14(18(24)21-11(4)19(25)26)7-16(22-17)13-6-10(3)27-12(13)5/h6-9,11H,1-5H3,(H,21,24)(H,25,26). The number of carboxylic acid groups (broad SMARTS) is 1. The summed E-state index contributed by atoms with van der Waals surface area (Å²) >= 11 is 0. The lowest BCUT2D eigenvalue weighted by molar-refractivity contribution is -0.138. The summed E-state index contributed by atoms with van der Waals surface area (Å²) in [7, 11) is 0. The summed E-state index contributed by atoms with van der Waals surface area (Å²) in [6.45, 7) is 9.04. The molecule has 1 amide bonds. The van der Waals surface area contributed by atoms with Gasteiger partial charge in [0.15, 0.2) is 5.65 Å². The largest absolute Gasteiger partial charge is 0.480 e. The van der Waals surface area contributed by atoms with Gasteiger partial charge in [-0.1, -0.05) is 0 Å². The van der Waals surface area contributed by atoms with Gasteiger partial charge in [0.2, 0.25) is 0 Å². The van der Waals surface area contributed by atoms with Crippen LogP contribution in [0.2, 0.25) is 0 Å². The summed E-state index contributed by atoms with van der Waals surface area (Å²) in [6.07, 6.45) is 1.58. The molecule has 3 heterocycles. The second kappa shape index (κ2) is 6.86. The minimum Gasteiger partial charge on any atom is -0.480 e. The van der Waals surface area contributed by atoms with Crippen LogP contribution < -0.4 is 5.32 Å². The Morgan fingerprint density at radius 1 is 1.22 bits per heavy atom. The second-order valence-corrected chi connectivity index (χ2v) is 6.84.